The van der Waals surface area contributed by atoms with Crippen molar-refractivity contribution in [3.8, 4) is 11.5 Å². The van der Waals surface area contributed by atoms with E-state index in [1.807, 2.05) is 12.1 Å². The zero-order valence-corrected chi connectivity index (χ0v) is 20.7. The number of halogens is 1. The fourth-order valence-electron chi connectivity index (χ4n) is 3.41. The van der Waals surface area contributed by atoms with Crippen LogP contribution in [0, 0.1) is 12.8 Å². The fraction of sp³-hybridized carbons (Fsp3) is 0.545. The smallest absolute Gasteiger partial charge is 0.226 e. The lowest BCUT2D eigenvalue weighted by Gasteiger charge is -2.34. The summed E-state index contributed by atoms with van der Waals surface area (Å²) in [5.74, 6) is 2.03. The minimum atomic E-state index is 0. The normalized spacial score (nSPS) is 17.6. The monoisotopic (exact) mass is 527 g/mol. The summed E-state index contributed by atoms with van der Waals surface area (Å²) in [6.07, 6.45) is 1.85. The van der Waals surface area contributed by atoms with Crippen molar-refractivity contribution in [2.24, 2.45) is 10.9 Å². The third-order valence-electron chi connectivity index (χ3n) is 4.85. The van der Waals surface area contributed by atoms with E-state index in [2.05, 4.69) is 58.4 Å². The highest BCUT2D eigenvalue weighted by Gasteiger charge is 2.21. The molecule has 8 heteroatoms. The van der Waals surface area contributed by atoms with Gasteiger partial charge in [0.05, 0.1) is 24.9 Å². The number of hydrogen-bond donors (Lipinski definition) is 2. The number of aromatic nitrogens is 1. The molecule has 0 spiro atoms. The van der Waals surface area contributed by atoms with Gasteiger partial charge in [0.25, 0.3) is 0 Å². The summed E-state index contributed by atoms with van der Waals surface area (Å²) in [6, 6.07) is 8.15. The van der Waals surface area contributed by atoms with E-state index in [0.29, 0.717) is 18.4 Å². The van der Waals surface area contributed by atoms with Crippen LogP contribution in [0.5, 0.6) is 0 Å². The quantitative estimate of drug-likeness (QED) is 0.327. The average Bonchev–Trinajstić information content (AvgIpc) is 3.17. The molecule has 0 radical (unpaired) electrons. The van der Waals surface area contributed by atoms with Crippen molar-refractivity contribution in [2.75, 3.05) is 39.8 Å². The van der Waals surface area contributed by atoms with Crippen LogP contribution < -0.4 is 10.6 Å². The van der Waals surface area contributed by atoms with Gasteiger partial charge in [0.1, 0.15) is 6.26 Å². The molecule has 0 amide bonds. The number of oxazole rings is 1. The maximum atomic E-state index is 5.89. The number of ether oxygens (including phenoxy) is 1. The lowest BCUT2D eigenvalue weighted by Crippen LogP contribution is -2.50. The van der Waals surface area contributed by atoms with Gasteiger partial charge in [0.15, 0.2) is 5.96 Å². The molecule has 1 aliphatic heterocycles. The van der Waals surface area contributed by atoms with E-state index >= 15 is 0 Å². The Morgan fingerprint density at radius 2 is 2.03 bits per heavy atom. The van der Waals surface area contributed by atoms with E-state index in [0.717, 1.165) is 50.0 Å². The number of aryl methyl sites for hydroxylation is 1. The van der Waals surface area contributed by atoms with Crippen molar-refractivity contribution in [3.05, 3.63) is 41.8 Å². The highest BCUT2D eigenvalue weighted by atomic mass is 127. The van der Waals surface area contributed by atoms with Crippen LogP contribution in [0.2, 0.25) is 0 Å². The number of guanidine groups is 1. The maximum Gasteiger partial charge on any atom is 0.226 e. The lowest BCUT2D eigenvalue weighted by molar-refractivity contribution is -0.0284. The molecule has 2 aromatic rings. The minimum absolute atomic E-state index is 0. The second-order valence-electron chi connectivity index (χ2n) is 7.96. The van der Waals surface area contributed by atoms with E-state index in [1.54, 1.807) is 13.3 Å². The van der Waals surface area contributed by atoms with Crippen LogP contribution in [0.1, 0.15) is 25.1 Å². The standard InChI is InChI=1S/C22H33N5O2.HI/c1-16(2)13-27-9-10-28-20(14-27)12-25-22(23-4)24-11-19-15-29-21(26-19)18-7-5-17(3)6-8-18;/h5-8,15-16,20H,9-14H2,1-4H3,(H2,23,24,25);1H. The Hall–Kier alpha value is -1.65. The summed E-state index contributed by atoms with van der Waals surface area (Å²) in [6.45, 7) is 11.7. The van der Waals surface area contributed by atoms with Crippen molar-refractivity contribution in [1.29, 1.82) is 0 Å². The van der Waals surface area contributed by atoms with Crippen molar-refractivity contribution in [1.82, 2.24) is 20.5 Å². The molecule has 166 valence electrons. The molecule has 30 heavy (non-hydrogen) atoms. The second kappa shape index (κ2) is 12.3. The largest absolute Gasteiger partial charge is 0.444 e. The maximum absolute atomic E-state index is 5.89. The van der Waals surface area contributed by atoms with Gasteiger partial charge in [-0.3, -0.25) is 9.89 Å². The molecule has 2 N–H and O–H groups in total. The van der Waals surface area contributed by atoms with E-state index in [-0.39, 0.29) is 30.1 Å². The van der Waals surface area contributed by atoms with Gasteiger partial charge < -0.3 is 19.8 Å². The number of hydrogen-bond acceptors (Lipinski definition) is 5. The van der Waals surface area contributed by atoms with Crippen LogP contribution in [0.25, 0.3) is 11.5 Å². The molecular formula is C22H34IN5O2. The van der Waals surface area contributed by atoms with Crippen LogP contribution >= 0.6 is 24.0 Å². The van der Waals surface area contributed by atoms with E-state index in [9.17, 15) is 0 Å². The van der Waals surface area contributed by atoms with Gasteiger partial charge in [-0.2, -0.15) is 0 Å². The van der Waals surface area contributed by atoms with E-state index < -0.39 is 0 Å². The Morgan fingerprint density at radius 3 is 2.73 bits per heavy atom. The summed E-state index contributed by atoms with van der Waals surface area (Å²) in [5, 5.41) is 6.65. The molecule has 3 rings (SSSR count). The van der Waals surface area contributed by atoms with Gasteiger partial charge >= 0.3 is 0 Å². The van der Waals surface area contributed by atoms with Crippen LogP contribution in [0.4, 0.5) is 0 Å². The van der Waals surface area contributed by atoms with Gasteiger partial charge in [-0.25, -0.2) is 4.98 Å². The highest BCUT2D eigenvalue weighted by molar-refractivity contribution is 14.0. The Balaban J connectivity index is 0.00000320. The predicted molar refractivity (Wildman–Crippen MR) is 131 cm³/mol. The third-order valence-corrected chi connectivity index (χ3v) is 4.85. The number of benzene rings is 1. The molecule has 1 saturated heterocycles. The minimum Gasteiger partial charge on any atom is -0.444 e. The highest BCUT2D eigenvalue weighted by Crippen LogP contribution is 2.19. The summed E-state index contributed by atoms with van der Waals surface area (Å²) in [5.41, 5.74) is 3.02. The summed E-state index contributed by atoms with van der Waals surface area (Å²) in [4.78, 5) is 11.3. The van der Waals surface area contributed by atoms with Gasteiger partial charge in [-0.15, -0.1) is 24.0 Å². The first kappa shape index (κ1) is 24.6. The van der Waals surface area contributed by atoms with Crippen molar-refractivity contribution < 1.29 is 9.15 Å². The molecule has 0 bridgehead atoms. The summed E-state index contributed by atoms with van der Waals surface area (Å²) in [7, 11) is 1.77. The SMILES string of the molecule is CN=C(NCc1coc(-c2ccc(C)cc2)n1)NCC1CN(CC(C)C)CCO1.I. The van der Waals surface area contributed by atoms with Crippen LogP contribution in [0.3, 0.4) is 0 Å². The van der Waals surface area contributed by atoms with Crippen LogP contribution in [0.15, 0.2) is 39.9 Å². The number of rotatable bonds is 7. The van der Waals surface area contributed by atoms with Crippen molar-refractivity contribution in [3.63, 3.8) is 0 Å². The van der Waals surface area contributed by atoms with Crippen molar-refractivity contribution >= 4 is 29.9 Å². The van der Waals surface area contributed by atoms with Crippen LogP contribution in [-0.4, -0.2) is 61.8 Å². The van der Waals surface area contributed by atoms with Crippen LogP contribution in [-0.2, 0) is 11.3 Å². The molecule has 1 aromatic carbocycles. The zero-order valence-electron chi connectivity index (χ0n) is 18.4. The first-order valence-electron chi connectivity index (χ1n) is 10.3. The molecule has 1 fully saturated rings. The first-order valence-corrected chi connectivity index (χ1v) is 10.3. The van der Waals surface area contributed by atoms with Gasteiger partial charge in [-0.05, 0) is 25.0 Å². The molecule has 1 atom stereocenters. The average molecular weight is 527 g/mol. The molecule has 7 nitrogen and oxygen atoms in total. The Morgan fingerprint density at radius 1 is 1.27 bits per heavy atom. The number of nitrogens with one attached hydrogen (secondary N) is 2. The molecule has 1 aromatic heterocycles. The zero-order chi connectivity index (χ0) is 20.6. The lowest BCUT2D eigenvalue weighted by atomic mass is 10.1. The summed E-state index contributed by atoms with van der Waals surface area (Å²) >= 11 is 0. The number of nitrogens with zero attached hydrogens (tertiary/aromatic N) is 3. The topological polar surface area (TPSA) is 74.9 Å². The Kier molecular flexibility index (Phi) is 10.1. The van der Waals surface area contributed by atoms with Gasteiger partial charge in [-0.1, -0.05) is 31.5 Å². The number of aliphatic imine (C=N–C) groups is 1. The van der Waals surface area contributed by atoms with Gasteiger partial charge in [0, 0.05) is 38.8 Å². The molecule has 2 heterocycles. The Labute approximate surface area is 196 Å². The summed E-state index contributed by atoms with van der Waals surface area (Å²) < 4.78 is 11.5. The Bertz CT molecular complexity index is 791. The first-order chi connectivity index (χ1) is 14.0. The predicted octanol–water partition coefficient (Wildman–Crippen LogP) is 3.29. The molecule has 1 aliphatic rings. The van der Waals surface area contributed by atoms with Crippen molar-refractivity contribution in [2.45, 2.75) is 33.4 Å². The number of morpholine rings is 1. The van der Waals surface area contributed by atoms with E-state index in [4.69, 9.17) is 9.15 Å². The van der Waals surface area contributed by atoms with Gasteiger partial charge in [0.2, 0.25) is 5.89 Å². The molecule has 0 aliphatic carbocycles. The molecule has 0 saturated carbocycles. The second-order valence-corrected chi connectivity index (χ2v) is 7.96. The fourth-order valence-corrected chi connectivity index (χ4v) is 3.41. The van der Waals surface area contributed by atoms with E-state index in [1.165, 1.54) is 5.56 Å². The molecular weight excluding hydrogens is 493 g/mol. The molecule has 1 unspecified atom stereocenters. The third kappa shape index (κ3) is 7.55.